The first-order valence-electron chi connectivity index (χ1n) is 3.02. The van der Waals surface area contributed by atoms with E-state index in [0.717, 1.165) is 12.8 Å². The smallest absolute Gasteiger partial charge is 0.214 e. The summed E-state index contributed by atoms with van der Waals surface area (Å²) in [4.78, 5) is 0. The summed E-state index contributed by atoms with van der Waals surface area (Å²) < 4.78 is 11.6. The minimum atomic E-state index is -0.491. The Morgan fingerprint density at radius 3 is 2.86 bits per heavy atom. The van der Waals surface area contributed by atoms with Crippen LogP contribution < -0.4 is 0 Å². The zero-order chi connectivity index (χ0) is 6.04. The lowest BCUT2D eigenvalue weighted by molar-refractivity contribution is -0.120. The van der Waals surface area contributed by atoms with Crippen LogP contribution in [0.1, 0.15) is 19.8 Å². The Balaban J connectivity index is 2.20. The molecule has 0 saturated heterocycles. The Labute approximate surface area is 44.6 Å². The molecule has 1 saturated carbocycles. The molecule has 0 aromatic carbocycles. The Morgan fingerprint density at radius 2 is 2.71 bits per heavy atom. The van der Waals surface area contributed by atoms with Gasteiger partial charge in [-0.1, -0.05) is 0 Å². The molecule has 1 N–H and O–H groups in total. The Kier molecular flexibility index (Phi) is 0.804. The van der Waals surface area contributed by atoms with Gasteiger partial charge in [-0.2, -0.15) is 0 Å². The third-order valence-electron chi connectivity index (χ3n) is 1.07. The van der Waals surface area contributed by atoms with Crippen molar-refractivity contribution >= 4 is 0 Å². The van der Waals surface area contributed by atoms with Crippen LogP contribution in [0.3, 0.4) is 0 Å². The van der Waals surface area contributed by atoms with Crippen LogP contribution in [-0.2, 0) is 4.74 Å². The van der Waals surface area contributed by atoms with E-state index < -0.39 is 5.79 Å². The van der Waals surface area contributed by atoms with Crippen molar-refractivity contribution in [2.45, 2.75) is 25.6 Å². The number of hydrogen-bond donors (Lipinski definition) is 1. The molecule has 0 radical (unpaired) electrons. The summed E-state index contributed by atoms with van der Waals surface area (Å²) in [6, 6.07) is 0. The topological polar surface area (TPSA) is 29.5 Å². The normalized spacial score (nSPS) is 26.7. The van der Waals surface area contributed by atoms with Crippen LogP contribution in [0, 0.1) is 0 Å². The van der Waals surface area contributed by atoms with E-state index in [-0.39, 0.29) is 0 Å². The average Bonchev–Trinajstić information content (AvgIpc) is 2.50. The van der Waals surface area contributed by atoms with Gasteiger partial charge in [-0.05, 0) is 6.92 Å². The van der Waals surface area contributed by atoms with Gasteiger partial charge in [0.05, 0.1) is 0 Å². The van der Waals surface area contributed by atoms with Crippen molar-refractivity contribution in [1.82, 2.24) is 0 Å². The molecular formula is C5H10O2. The van der Waals surface area contributed by atoms with E-state index in [2.05, 4.69) is 5.11 Å². The Bertz CT molecular complexity index is 80.5. The fourth-order valence-corrected chi connectivity index (χ4v) is 0.509. The molecule has 0 aliphatic heterocycles. The molecule has 42 valence electrons. The first-order valence-corrected chi connectivity index (χ1v) is 2.61. The Hall–Kier alpha value is -0.0800. The Morgan fingerprint density at radius 1 is 2.00 bits per heavy atom. The van der Waals surface area contributed by atoms with Gasteiger partial charge in [0.15, 0.2) is 5.79 Å². The number of hydrogen-bond acceptors (Lipinski definition) is 2. The van der Waals surface area contributed by atoms with Crippen LogP contribution >= 0.6 is 0 Å². The number of rotatable bonds is 3. The first-order chi connectivity index (χ1) is 3.83. The highest BCUT2D eigenvalue weighted by Gasteiger charge is 2.41. The molecule has 0 heterocycles. The standard InChI is InChI=1S/C5H10O2/c1-2-7-5(6)3-4-5/h6H,2-4H2,1H3/i6T. The lowest BCUT2D eigenvalue weighted by Gasteiger charge is -2.04. The van der Waals surface area contributed by atoms with Crippen molar-refractivity contribution < 1.29 is 9.85 Å². The van der Waals surface area contributed by atoms with Crippen molar-refractivity contribution in [2.24, 2.45) is 0 Å². The van der Waals surface area contributed by atoms with Gasteiger partial charge in [0.2, 0.25) is 1.43 Å². The van der Waals surface area contributed by atoms with Gasteiger partial charge < -0.3 is 9.85 Å². The highest BCUT2D eigenvalue weighted by atomic mass is 16.6. The van der Waals surface area contributed by atoms with Crippen LogP contribution in [0.15, 0.2) is 0 Å². The van der Waals surface area contributed by atoms with E-state index in [1.54, 1.807) is 0 Å². The van der Waals surface area contributed by atoms with E-state index in [9.17, 15) is 0 Å². The number of aliphatic hydroxyl groups is 1. The SMILES string of the molecule is [3H]OC1(OCC)CC1. The second-order valence-electron chi connectivity index (χ2n) is 1.84. The third-order valence-corrected chi connectivity index (χ3v) is 1.07. The van der Waals surface area contributed by atoms with Gasteiger partial charge >= 0.3 is 0 Å². The number of ether oxygens (including phenoxy) is 1. The highest BCUT2D eigenvalue weighted by molar-refractivity contribution is 4.82. The van der Waals surface area contributed by atoms with Crippen molar-refractivity contribution in [2.75, 3.05) is 6.61 Å². The van der Waals surface area contributed by atoms with E-state index in [1.165, 1.54) is 0 Å². The summed E-state index contributed by atoms with van der Waals surface area (Å²) in [5, 5.41) is 4.32. The largest absolute Gasteiger partial charge is 0.365 e. The summed E-state index contributed by atoms with van der Waals surface area (Å²) >= 11 is 0. The minimum absolute atomic E-state index is 0.491. The van der Waals surface area contributed by atoms with Crippen molar-refractivity contribution in [1.29, 1.82) is 1.43 Å². The molecule has 0 unspecified atom stereocenters. The lowest BCUT2D eigenvalue weighted by Crippen LogP contribution is -2.11. The van der Waals surface area contributed by atoms with Gasteiger partial charge in [-0.15, -0.1) is 0 Å². The molecule has 1 aliphatic rings. The van der Waals surface area contributed by atoms with Crippen molar-refractivity contribution in [3.8, 4) is 0 Å². The van der Waals surface area contributed by atoms with Gasteiger partial charge in [0.25, 0.3) is 0 Å². The molecule has 2 nitrogen and oxygen atoms in total. The van der Waals surface area contributed by atoms with Crippen LogP contribution in [0.4, 0.5) is 0 Å². The molecule has 0 bridgehead atoms. The predicted molar refractivity (Wildman–Crippen MR) is 25.8 cm³/mol. The quantitative estimate of drug-likeness (QED) is 0.528. The van der Waals surface area contributed by atoms with E-state index in [0.29, 0.717) is 6.61 Å². The molecule has 1 fully saturated rings. The predicted octanol–water partition coefficient (Wildman–Crippen LogP) is 0.505. The first kappa shape index (κ1) is 3.87. The maximum absolute atomic E-state index is 6.55. The van der Waals surface area contributed by atoms with Crippen LogP contribution in [0.5, 0.6) is 0 Å². The highest BCUT2D eigenvalue weighted by Crippen LogP contribution is 2.35. The monoisotopic (exact) mass is 104 g/mol. The minimum Gasteiger partial charge on any atom is -0.365 e. The van der Waals surface area contributed by atoms with E-state index in [1.807, 2.05) is 6.92 Å². The molecule has 0 atom stereocenters. The van der Waals surface area contributed by atoms with Crippen LogP contribution in [-0.4, -0.2) is 18.9 Å². The molecule has 7 heavy (non-hydrogen) atoms. The molecule has 0 aromatic rings. The molecule has 2 heteroatoms. The summed E-state index contributed by atoms with van der Waals surface area (Å²) in [5.74, 6) is -0.491. The second-order valence-corrected chi connectivity index (χ2v) is 1.84. The van der Waals surface area contributed by atoms with E-state index >= 15 is 0 Å². The van der Waals surface area contributed by atoms with E-state index in [4.69, 9.17) is 6.17 Å². The lowest BCUT2D eigenvalue weighted by atomic mass is 10.7. The zero-order valence-corrected chi connectivity index (χ0v) is 4.44. The molecule has 0 spiro atoms. The molecule has 0 aromatic heterocycles. The van der Waals surface area contributed by atoms with Crippen molar-refractivity contribution in [3.05, 3.63) is 0 Å². The summed E-state index contributed by atoms with van der Waals surface area (Å²) in [7, 11) is 0. The fourth-order valence-electron chi connectivity index (χ4n) is 0.509. The second kappa shape index (κ2) is 1.46. The molecule has 1 rings (SSSR count). The van der Waals surface area contributed by atoms with Gasteiger partial charge in [-0.3, -0.25) is 0 Å². The molecule has 1 aliphatic carbocycles. The maximum atomic E-state index is 6.55. The summed E-state index contributed by atoms with van der Waals surface area (Å²) in [5.41, 5.74) is 0. The molecular weight excluding hydrogens is 92.1 g/mol. The average molecular weight is 104 g/mol. The third kappa shape index (κ3) is 1.14. The maximum Gasteiger partial charge on any atom is 0.214 e. The van der Waals surface area contributed by atoms with Crippen molar-refractivity contribution in [3.63, 3.8) is 0 Å². The summed E-state index contributed by atoms with van der Waals surface area (Å²) in [6.07, 6.45) is 1.76. The zero-order valence-electron chi connectivity index (χ0n) is 5.44. The van der Waals surface area contributed by atoms with Gasteiger partial charge in [0.1, 0.15) is 0 Å². The van der Waals surface area contributed by atoms with Gasteiger partial charge in [0, 0.05) is 19.4 Å². The van der Waals surface area contributed by atoms with Crippen LogP contribution in [0.25, 0.3) is 0 Å². The fraction of sp³-hybridized carbons (Fsp3) is 1.00. The summed E-state index contributed by atoms with van der Waals surface area (Å²) in [6.45, 7) is 2.54. The van der Waals surface area contributed by atoms with Gasteiger partial charge in [-0.25, -0.2) is 0 Å². The van der Waals surface area contributed by atoms with Crippen LogP contribution in [0.2, 0.25) is 0 Å². The molecule has 0 amide bonds.